The SMILES string of the molecule is COc1ccc([C@H](O)CN[C@@H](C)[C@@H](C)n2cccn2)cc1. The van der Waals surface area contributed by atoms with Gasteiger partial charge in [-0.05, 0) is 37.6 Å². The molecule has 5 heteroatoms. The number of aliphatic hydroxyl groups excluding tert-OH is 1. The van der Waals surface area contributed by atoms with Crippen LogP contribution in [0.3, 0.4) is 0 Å². The van der Waals surface area contributed by atoms with Crippen LogP contribution in [0.15, 0.2) is 42.7 Å². The number of ether oxygens (including phenoxy) is 1. The lowest BCUT2D eigenvalue weighted by Crippen LogP contribution is -2.36. The van der Waals surface area contributed by atoms with E-state index in [-0.39, 0.29) is 12.1 Å². The fourth-order valence-corrected chi connectivity index (χ4v) is 2.16. The maximum Gasteiger partial charge on any atom is 0.118 e. The summed E-state index contributed by atoms with van der Waals surface area (Å²) in [7, 11) is 1.63. The molecule has 1 aromatic heterocycles. The molecule has 1 heterocycles. The molecule has 0 saturated carbocycles. The van der Waals surface area contributed by atoms with Gasteiger partial charge in [0, 0.05) is 25.0 Å². The van der Waals surface area contributed by atoms with Crippen molar-refractivity contribution < 1.29 is 9.84 Å². The molecule has 0 aliphatic heterocycles. The van der Waals surface area contributed by atoms with E-state index in [4.69, 9.17) is 4.74 Å². The van der Waals surface area contributed by atoms with Crippen LogP contribution in [0.2, 0.25) is 0 Å². The van der Waals surface area contributed by atoms with Gasteiger partial charge < -0.3 is 15.2 Å². The molecular formula is C16H23N3O2. The van der Waals surface area contributed by atoms with Crippen LogP contribution in [-0.2, 0) is 0 Å². The Kier molecular flexibility index (Phi) is 5.36. The predicted octanol–water partition coefficient (Wildman–Crippen LogP) is 2.16. The number of aromatic nitrogens is 2. The maximum atomic E-state index is 10.2. The van der Waals surface area contributed by atoms with Gasteiger partial charge in [-0.1, -0.05) is 12.1 Å². The topological polar surface area (TPSA) is 59.3 Å². The van der Waals surface area contributed by atoms with E-state index in [1.807, 2.05) is 41.2 Å². The van der Waals surface area contributed by atoms with Crippen LogP contribution in [-0.4, -0.2) is 34.6 Å². The fraction of sp³-hybridized carbons (Fsp3) is 0.438. The van der Waals surface area contributed by atoms with Gasteiger partial charge in [-0.15, -0.1) is 0 Å². The van der Waals surface area contributed by atoms with Gasteiger partial charge in [0.2, 0.25) is 0 Å². The minimum Gasteiger partial charge on any atom is -0.497 e. The molecule has 2 rings (SSSR count). The van der Waals surface area contributed by atoms with Crippen molar-refractivity contribution in [2.75, 3.05) is 13.7 Å². The molecule has 0 amide bonds. The fourth-order valence-electron chi connectivity index (χ4n) is 2.16. The van der Waals surface area contributed by atoms with E-state index < -0.39 is 6.10 Å². The molecule has 0 saturated heterocycles. The van der Waals surface area contributed by atoms with Gasteiger partial charge in [0.1, 0.15) is 5.75 Å². The second kappa shape index (κ2) is 7.24. The highest BCUT2D eigenvalue weighted by molar-refractivity contribution is 5.28. The van der Waals surface area contributed by atoms with Gasteiger partial charge in [-0.2, -0.15) is 5.10 Å². The van der Waals surface area contributed by atoms with Gasteiger partial charge >= 0.3 is 0 Å². The summed E-state index contributed by atoms with van der Waals surface area (Å²) in [6.45, 7) is 4.69. The van der Waals surface area contributed by atoms with E-state index in [0.29, 0.717) is 6.54 Å². The third-order valence-electron chi connectivity index (χ3n) is 3.80. The Morgan fingerprint density at radius 1 is 1.29 bits per heavy atom. The summed E-state index contributed by atoms with van der Waals surface area (Å²) >= 11 is 0. The molecule has 3 atom stereocenters. The first-order valence-electron chi connectivity index (χ1n) is 7.16. The lowest BCUT2D eigenvalue weighted by molar-refractivity contribution is 0.165. The van der Waals surface area contributed by atoms with Gasteiger partial charge in [0.05, 0.1) is 19.3 Å². The molecule has 1 aromatic carbocycles. The van der Waals surface area contributed by atoms with E-state index in [0.717, 1.165) is 11.3 Å². The summed E-state index contributed by atoms with van der Waals surface area (Å²) in [5.41, 5.74) is 0.877. The van der Waals surface area contributed by atoms with Crippen molar-refractivity contribution in [1.29, 1.82) is 0 Å². The Hall–Kier alpha value is -1.85. The van der Waals surface area contributed by atoms with Gasteiger partial charge in [-0.25, -0.2) is 0 Å². The van der Waals surface area contributed by atoms with Crippen LogP contribution in [0.5, 0.6) is 5.75 Å². The summed E-state index contributed by atoms with van der Waals surface area (Å²) < 4.78 is 7.03. The minimum absolute atomic E-state index is 0.206. The zero-order chi connectivity index (χ0) is 15.2. The predicted molar refractivity (Wildman–Crippen MR) is 82.4 cm³/mol. The van der Waals surface area contributed by atoms with Crippen molar-refractivity contribution >= 4 is 0 Å². The minimum atomic E-state index is -0.539. The molecule has 5 nitrogen and oxygen atoms in total. The summed E-state index contributed by atoms with van der Waals surface area (Å²) in [6.07, 6.45) is 3.18. The Morgan fingerprint density at radius 3 is 2.57 bits per heavy atom. The number of hydrogen-bond acceptors (Lipinski definition) is 4. The number of nitrogens with zero attached hydrogens (tertiary/aromatic N) is 2. The molecule has 0 spiro atoms. The van der Waals surface area contributed by atoms with E-state index >= 15 is 0 Å². The monoisotopic (exact) mass is 289 g/mol. The average Bonchev–Trinajstić information content (AvgIpc) is 3.06. The van der Waals surface area contributed by atoms with Crippen LogP contribution < -0.4 is 10.1 Å². The number of hydrogen-bond donors (Lipinski definition) is 2. The quantitative estimate of drug-likeness (QED) is 0.820. The highest BCUT2D eigenvalue weighted by atomic mass is 16.5. The molecule has 0 aliphatic carbocycles. The Balaban J connectivity index is 1.86. The second-order valence-electron chi connectivity index (χ2n) is 5.21. The Morgan fingerprint density at radius 2 is 2.00 bits per heavy atom. The number of rotatable bonds is 7. The third-order valence-corrected chi connectivity index (χ3v) is 3.80. The van der Waals surface area contributed by atoms with E-state index in [2.05, 4.69) is 24.3 Å². The van der Waals surface area contributed by atoms with E-state index in [1.165, 1.54) is 0 Å². The van der Waals surface area contributed by atoms with Crippen LogP contribution >= 0.6 is 0 Å². The summed E-state index contributed by atoms with van der Waals surface area (Å²) in [6, 6.07) is 9.82. The molecular weight excluding hydrogens is 266 g/mol. The largest absolute Gasteiger partial charge is 0.497 e. The second-order valence-corrected chi connectivity index (χ2v) is 5.21. The van der Waals surface area contributed by atoms with Crippen molar-refractivity contribution in [3.05, 3.63) is 48.3 Å². The molecule has 0 bridgehead atoms. The summed E-state index contributed by atoms with van der Waals surface area (Å²) in [5.74, 6) is 0.791. The molecule has 0 fully saturated rings. The molecule has 0 unspecified atom stereocenters. The summed E-state index contributed by atoms with van der Waals surface area (Å²) in [5, 5.41) is 17.8. The summed E-state index contributed by atoms with van der Waals surface area (Å²) in [4.78, 5) is 0. The molecule has 2 aromatic rings. The molecule has 0 radical (unpaired) electrons. The smallest absolute Gasteiger partial charge is 0.118 e. The number of aliphatic hydroxyl groups is 1. The highest BCUT2D eigenvalue weighted by Crippen LogP contribution is 2.17. The Labute approximate surface area is 125 Å². The first-order chi connectivity index (χ1) is 10.1. The van der Waals surface area contributed by atoms with Crippen molar-refractivity contribution in [1.82, 2.24) is 15.1 Å². The van der Waals surface area contributed by atoms with Crippen molar-refractivity contribution in [2.24, 2.45) is 0 Å². The first kappa shape index (κ1) is 15.5. The molecule has 0 aliphatic rings. The standard InChI is InChI=1S/C16H23N3O2/c1-12(13(2)19-10-4-9-18-19)17-11-16(20)14-5-7-15(21-3)8-6-14/h4-10,12-13,16-17,20H,11H2,1-3H3/t12-,13+,16+/m0/s1. The third kappa shape index (κ3) is 4.06. The lowest BCUT2D eigenvalue weighted by atomic mass is 10.1. The zero-order valence-corrected chi connectivity index (χ0v) is 12.7. The van der Waals surface area contributed by atoms with Crippen molar-refractivity contribution in [3.63, 3.8) is 0 Å². The van der Waals surface area contributed by atoms with Crippen molar-refractivity contribution in [3.8, 4) is 5.75 Å². The van der Waals surface area contributed by atoms with E-state index in [9.17, 15) is 5.11 Å². The first-order valence-corrected chi connectivity index (χ1v) is 7.16. The number of methoxy groups -OCH3 is 1. The zero-order valence-electron chi connectivity index (χ0n) is 12.7. The normalized spacial score (nSPS) is 15.4. The number of nitrogens with one attached hydrogen (secondary N) is 1. The van der Waals surface area contributed by atoms with Crippen LogP contribution in [0.1, 0.15) is 31.6 Å². The highest BCUT2D eigenvalue weighted by Gasteiger charge is 2.15. The molecule has 114 valence electrons. The van der Waals surface area contributed by atoms with Crippen LogP contribution in [0.4, 0.5) is 0 Å². The van der Waals surface area contributed by atoms with Crippen LogP contribution in [0, 0.1) is 0 Å². The molecule has 2 N–H and O–H groups in total. The number of benzene rings is 1. The van der Waals surface area contributed by atoms with Crippen LogP contribution in [0.25, 0.3) is 0 Å². The van der Waals surface area contributed by atoms with Gasteiger partial charge in [0.25, 0.3) is 0 Å². The average molecular weight is 289 g/mol. The lowest BCUT2D eigenvalue weighted by Gasteiger charge is -2.23. The molecule has 21 heavy (non-hydrogen) atoms. The Bertz CT molecular complexity index is 525. The van der Waals surface area contributed by atoms with Crippen molar-refractivity contribution in [2.45, 2.75) is 32.0 Å². The van der Waals surface area contributed by atoms with E-state index in [1.54, 1.807) is 13.3 Å². The van der Waals surface area contributed by atoms with Gasteiger partial charge in [-0.3, -0.25) is 4.68 Å². The maximum absolute atomic E-state index is 10.2. The van der Waals surface area contributed by atoms with Gasteiger partial charge in [0.15, 0.2) is 0 Å².